The van der Waals surface area contributed by atoms with Gasteiger partial charge in [0.25, 0.3) is 0 Å². The fourth-order valence-corrected chi connectivity index (χ4v) is 21.8. The van der Waals surface area contributed by atoms with Crippen LogP contribution in [0.4, 0.5) is 0 Å². The number of para-hydroxylation sites is 16. The fourth-order valence-electron chi connectivity index (χ4n) is 21.8. The zero-order valence-electron chi connectivity index (χ0n) is 78.4. The largest absolute Gasteiger partial charge is 0.294 e. The van der Waals surface area contributed by atoms with E-state index in [9.17, 15) is 0 Å². The first-order chi connectivity index (χ1) is 72.5. The lowest BCUT2D eigenvalue weighted by atomic mass is 10.1. The molecule has 0 N–H and O–H groups in total. The summed E-state index contributed by atoms with van der Waals surface area (Å²) in [5.41, 5.74) is 26.8. The number of benzene rings is 17. The zero-order valence-corrected chi connectivity index (χ0v) is 78.4. The maximum absolute atomic E-state index is 5.33. The number of fused-ring (bicyclic) bond motifs is 24. The van der Waals surface area contributed by atoms with Crippen molar-refractivity contribution in [2.24, 2.45) is 0 Å². The Balaban J connectivity index is 0.0000000945. The average molecular weight is 1870 g/mol. The highest BCUT2D eigenvalue weighted by atomic mass is 15.2. The van der Waals surface area contributed by atoms with Crippen LogP contribution in [0.3, 0.4) is 0 Å². The molecule has 684 valence electrons. The second kappa shape index (κ2) is 35.0. The van der Waals surface area contributed by atoms with E-state index in [4.69, 9.17) is 39.9 Å². The molecule has 0 bridgehead atoms. The summed E-state index contributed by atoms with van der Waals surface area (Å²) in [7, 11) is 0. The molecule has 31 aromatic rings. The molecule has 0 fully saturated rings. The number of rotatable bonds is 11. The van der Waals surface area contributed by atoms with E-state index < -0.39 is 0 Å². The van der Waals surface area contributed by atoms with Crippen molar-refractivity contribution in [3.05, 3.63) is 498 Å². The number of hydrogen-bond donors (Lipinski definition) is 0. The van der Waals surface area contributed by atoms with E-state index in [1.54, 1.807) is 0 Å². The van der Waals surface area contributed by atoms with Gasteiger partial charge in [0, 0.05) is 140 Å². The first-order valence-corrected chi connectivity index (χ1v) is 48.8. The van der Waals surface area contributed by atoms with Crippen molar-refractivity contribution in [2.75, 3.05) is 0 Å². The highest BCUT2D eigenvalue weighted by Gasteiger charge is 2.29. The predicted molar refractivity (Wildman–Crippen MR) is 595 cm³/mol. The quantitative estimate of drug-likeness (QED) is 0.121. The molecule has 17 aromatic carbocycles. The van der Waals surface area contributed by atoms with Crippen LogP contribution >= 0.6 is 0 Å². The molecule has 18 nitrogen and oxygen atoms in total. The van der Waals surface area contributed by atoms with Crippen LogP contribution in [0.5, 0.6) is 0 Å². The smallest absolute Gasteiger partial charge is 0.237 e. The van der Waals surface area contributed by atoms with E-state index in [0.717, 1.165) is 188 Å². The molecule has 31 rings (SSSR count). The monoisotopic (exact) mass is 1870 g/mol. The van der Waals surface area contributed by atoms with Gasteiger partial charge in [-0.1, -0.05) is 322 Å². The van der Waals surface area contributed by atoms with Crippen LogP contribution in [0.25, 0.3) is 255 Å². The Hall–Kier alpha value is -20.2. The van der Waals surface area contributed by atoms with Gasteiger partial charge in [0.1, 0.15) is 0 Å². The van der Waals surface area contributed by atoms with Crippen LogP contribution in [0.1, 0.15) is 0 Å². The minimum Gasteiger partial charge on any atom is -0.294 e. The third-order valence-corrected chi connectivity index (χ3v) is 28.0. The van der Waals surface area contributed by atoms with Crippen LogP contribution in [0, 0.1) is 0 Å². The maximum Gasteiger partial charge on any atom is 0.237 e. The standard InChI is InChI=1S/C34H22N4.2C33H21N5.C28H18N4/c1-3-13-23(14-4-1)32-31-27-19-9-12-22-30(27)37(24-15-5-2-6-16-24)33(31)36-34(35-32)38-28-20-10-7-17-25(28)26-18-8-11-21-29(26)38;2*1-2-10-23(11-3-1)37-29-17-9-6-14-26(29)30-31(22-18-20-34-21-19-22)35-33(36-32(30)37)38-27-15-7-4-12-24(27)25-13-5-8-16-28(25)38;1-2-10-19(11-3-1)31-24-15-7-6-14-22(24)23-18-29-28(30-27(23)31)32-25-16-8-4-12-20(25)21-13-5-9-17-26(21)32/h1-22H;2*1-21H;1-18H. The van der Waals surface area contributed by atoms with Gasteiger partial charge in [-0.25, -0.2) is 19.9 Å². The summed E-state index contributed by atoms with van der Waals surface area (Å²) in [5, 5.41) is 18.2. The summed E-state index contributed by atoms with van der Waals surface area (Å²) in [6, 6.07) is 162. The van der Waals surface area contributed by atoms with E-state index in [1.165, 1.54) is 43.1 Å². The molecule has 0 unspecified atom stereocenters. The van der Waals surface area contributed by atoms with Crippen molar-refractivity contribution in [3.63, 3.8) is 0 Å². The van der Waals surface area contributed by atoms with Gasteiger partial charge in [-0.2, -0.15) is 19.9 Å². The van der Waals surface area contributed by atoms with Crippen LogP contribution in [-0.2, 0) is 0 Å². The molecule has 0 spiro atoms. The predicted octanol–water partition coefficient (Wildman–Crippen LogP) is 30.5. The fraction of sp³-hybridized carbons (Fsp3) is 0. The normalized spacial score (nSPS) is 11.7. The summed E-state index contributed by atoms with van der Waals surface area (Å²) in [4.78, 5) is 50.4. The van der Waals surface area contributed by atoms with Gasteiger partial charge in [-0.3, -0.25) is 46.5 Å². The second-order valence-electron chi connectivity index (χ2n) is 36.2. The average Bonchev–Trinajstić information content (AvgIpc) is 1.57. The van der Waals surface area contributed by atoms with Crippen molar-refractivity contribution in [1.29, 1.82) is 0 Å². The van der Waals surface area contributed by atoms with Crippen molar-refractivity contribution in [1.82, 2.24) is 86.4 Å². The van der Waals surface area contributed by atoms with E-state index in [1.807, 2.05) is 85.6 Å². The third kappa shape index (κ3) is 13.7. The lowest BCUT2D eigenvalue weighted by Gasteiger charge is -2.12. The van der Waals surface area contributed by atoms with Crippen molar-refractivity contribution in [3.8, 4) is 80.3 Å². The summed E-state index contributed by atoms with van der Waals surface area (Å²) >= 11 is 0. The topological polar surface area (TPSA) is 168 Å². The van der Waals surface area contributed by atoms with Crippen molar-refractivity contribution < 1.29 is 0 Å². The first kappa shape index (κ1) is 83.9. The highest BCUT2D eigenvalue weighted by molar-refractivity contribution is 6.19. The van der Waals surface area contributed by atoms with Gasteiger partial charge in [-0.05, 0) is 146 Å². The van der Waals surface area contributed by atoms with Crippen LogP contribution in [0.2, 0.25) is 0 Å². The molecule has 0 aliphatic carbocycles. The van der Waals surface area contributed by atoms with E-state index in [-0.39, 0.29) is 0 Å². The number of nitrogens with zero attached hydrogens (tertiary/aromatic N) is 18. The Kier molecular flexibility index (Phi) is 20.1. The van der Waals surface area contributed by atoms with E-state index in [0.29, 0.717) is 23.8 Å². The third-order valence-electron chi connectivity index (χ3n) is 28.0. The molecule has 0 aliphatic rings. The van der Waals surface area contributed by atoms with Gasteiger partial charge >= 0.3 is 0 Å². The molecule has 0 saturated heterocycles. The lowest BCUT2D eigenvalue weighted by molar-refractivity contribution is 0.991. The van der Waals surface area contributed by atoms with Crippen LogP contribution in [0.15, 0.2) is 498 Å². The summed E-state index contributed by atoms with van der Waals surface area (Å²) in [6.45, 7) is 0. The Morgan fingerprint density at radius 3 is 0.582 bits per heavy atom. The Morgan fingerprint density at radius 2 is 0.322 bits per heavy atom. The minimum absolute atomic E-state index is 0.640. The Labute approximate surface area is 834 Å². The summed E-state index contributed by atoms with van der Waals surface area (Å²) in [6.07, 6.45) is 9.24. The number of pyridine rings is 2. The molecule has 0 saturated carbocycles. The molecule has 0 amide bonds. The second-order valence-corrected chi connectivity index (χ2v) is 36.2. The van der Waals surface area contributed by atoms with Gasteiger partial charge in [0.2, 0.25) is 23.8 Å². The Morgan fingerprint density at radius 1 is 0.137 bits per heavy atom. The summed E-state index contributed by atoms with van der Waals surface area (Å²) in [5.74, 6) is 2.62. The molecule has 146 heavy (non-hydrogen) atoms. The molecule has 14 heterocycles. The van der Waals surface area contributed by atoms with Gasteiger partial charge in [0.15, 0.2) is 22.6 Å². The first-order valence-electron chi connectivity index (χ1n) is 48.8. The van der Waals surface area contributed by atoms with Crippen molar-refractivity contribution >= 4 is 175 Å². The summed E-state index contributed by atoms with van der Waals surface area (Å²) < 4.78 is 17.7. The van der Waals surface area contributed by atoms with Crippen molar-refractivity contribution in [2.45, 2.75) is 0 Å². The van der Waals surface area contributed by atoms with Gasteiger partial charge in [0.05, 0.1) is 99.4 Å². The highest BCUT2D eigenvalue weighted by Crippen LogP contribution is 2.46. The Bertz CT molecular complexity index is 9580. The van der Waals surface area contributed by atoms with E-state index in [2.05, 4.69) is 459 Å². The van der Waals surface area contributed by atoms with E-state index >= 15 is 0 Å². The molecule has 0 atom stereocenters. The van der Waals surface area contributed by atoms with Gasteiger partial charge < -0.3 is 0 Å². The van der Waals surface area contributed by atoms with Gasteiger partial charge in [-0.15, -0.1) is 0 Å². The number of hydrogen-bond acceptors (Lipinski definition) is 10. The maximum atomic E-state index is 5.33. The SMILES string of the molecule is c1ccc(-c2nc(-n3c4ccccc4c4ccccc43)nc3c2c2ccccc2n3-c2ccccc2)cc1.c1ccc(-n2c3ccccc3c3c(-c4ccncc4)nc(-n4c5ccccc5c5ccccc54)nc32)cc1.c1ccc(-n2c3ccccc3c3c(-c4ccncc4)nc(-n4c5ccccc5c5ccccc54)nc32)cc1.c1ccc(-n2c3ccccc3c3cnc(-n4c5ccccc5c5ccccc54)nc32)cc1. The molecular formula is C128H82N18. The molecule has 18 heteroatoms. The van der Waals surface area contributed by atoms with Crippen LogP contribution in [-0.4, -0.2) is 86.4 Å². The molecule has 0 radical (unpaired) electrons. The molecule has 14 aromatic heterocycles. The zero-order chi connectivity index (χ0) is 96.2. The molecule has 0 aliphatic heterocycles. The lowest BCUT2D eigenvalue weighted by Crippen LogP contribution is -2.05. The van der Waals surface area contributed by atoms with Crippen LogP contribution < -0.4 is 0 Å². The molecular weight excluding hydrogens is 1790 g/mol. The minimum atomic E-state index is 0.640. The number of aromatic nitrogens is 18.